The molecule has 0 aliphatic carbocycles. The van der Waals surface area contributed by atoms with Crippen molar-refractivity contribution in [2.24, 2.45) is 4.99 Å². The molecular weight excluding hydrogens is 367 g/mol. The first-order valence-corrected chi connectivity index (χ1v) is 8.35. The van der Waals surface area contributed by atoms with Crippen LogP contribution in [-0.2, 0) is 9.59 Å². The molecule has 2 aromatic rings. The zero-order valence-corrected chi connectivity index (χ0v) is 13.9. The number of hydrogen-bond donors (Lipinski definition) is 2. The number of amides is 2. The average Bonchev–Trinajstić information content (AvgIpc) is 2.91. The van der Waals surface area contributed by atoms with Crippen LogP contribution in [0.25, 0.3) is 0 Å². The second kappa shape index (κ2) is 7.61. The van der Waals surface area contributed by atoms with Crippen LogP contribution in [0, 0.1) is 17.5 Å². The van der Waals surface area contributed by atoms with Crippen molar-refractivity contribution in [2.45, 2.75) is 11.7 Å². The molecule has 0 unspecified atom stereocenters. The number of carbonyl (C=O) groups excluding carboxylic acids is 2. The molecule has 1 aliphatic heterocycles. The molecule has 1 saturated heterocycles. The molecule has 2 N–H and O–H groups in total. The summed E-state index contributed by atoms with van der Waals surface area (Å²) in [6.45, 7) is 0. The van der Waals surface area contributed by atoms with Gasteiger partial charge in [0, 0.05) is 12.5 Å². The van der Waals surface area contributed by atoms with Crippen molar-refractivity contribution in [1.82, 2.24) is 5.32 Å². The third-order valence-corrected chi connectivity index (χ3v) is 4.49. The first-order valence-electron chi connectivity index (χ1n) is 7.47. The summed E-state index contributed by atoms with van der Waals surface area (Å²) in [7, 11) is 0. The largest absolute Gasteiger partial charge is 0.324 e. The van der Waals surface area contributed by atoms with E-state index in [9.17, 15) is 22.8 Å². The number of thioether (sulfide) groups is 1. The number of amidine groups is 1. The number of carbonyl (C=O) groups is 2. The third-order valence-electron chi connectivity index (χ3n) is 3.41. The van der Waals surface area contributed by atoms with E-state index in [2.05, 4.69) is 15.6 Å². The van der Waals surface area contributed by atoms with Crippen molar-refractivity contribution in [2.75, 3.05) is 5.32 Å². The Bertz CT molecular complexity index is 887. The second-order valence-corrected chi connectivity index (χ2v) is 6.56. The highest BCUT2D eigenvalue weighted by Crippen LogP contribution is 2.26. The van der Waals surface area contributed by atoms with E-state index in [0.717, 1.165) is 23.9 Å². The van der Waals surface area contributed by atoms with Crippen LogP contribution in [0.1, 0.15) is 6.42 Å². The van der Waals surface area contributed by atoms with E-state index in [1.165, 1.54) is 24.3 Å². The van der Waals surface area contributed by atoms with Crippen LogP contribution in [0.5, 0.6) is 0 Å². The first-order chi connectivity index (χ1) is 12.4. The van der Waals surface area contributed by atoms with E-state index in [1.54, 1.807) is 0 Å². The number of anilines is 1. The number of nitrogens with one attached hydrogen (secondary N) is 2. The SMILES string of the molecule is O=C(C[C@@H]1SC(=Nc2ccc(F)cc2)NC1=O)Nc1ccc(F)cc1F. The van der Waals surface area contributed by atoms with Crippen LogP contribution in [0.3, 0.4) is 0 Å². The number of rotatable bonds is 4. The Balaban J connectivity index is 1.62. The van der Waals surface area contributed by atoms with E-state index in [4.69, 9.17) is 0 Å². The van der Waals surface area contributed by atoms with Gasteiger partial charge in [-0.05, 0) is 36.4 Å². The number of halogens is 3. The smallest absolute Gasteiger partial charge is 0.240 e. The van der Waals surface area contributed by atoms with Gasteiger partial charge in [-0.3, -0.25) is 9.59 Å². The van der Waals surface area contributed by atoms with Gasteiger partial charge in [0.1, 0.15) is 22.7 Å². The average molecular weight is 379 g/mol. The molecule has 0 saturated carbocycles. The van der Waals surface area contributed by atoms with Crippen molar-refractivity contribution in [3.8, 4) is 0 Å². The van der Waals surface area contributed by atoms with Gasteiger partial charge in [-0.25, -0.2) is 18.2 Å². The van der Waals surface area contributed by atoms with Gasteiger partial charge in [0.15, 0.2) is 5.17 Å². The van der Waals surface area contributed by atoms with E-state index < -0.39 is 34.5 Å². The summed E-state index contributed by atoms with van der Waals surface area (Å²) in [5.74, 6) is -3.07. The minimum atomic E-state index is -0.902. The Kier molecular flexibility index (Phi) is 5.27. The Morgan fingerprint density at radius 2 is 1.81 bits per heavy atom. The van der Waals surface area contributed by atoms with Crippen LogP contribution in [0.4, 0.5) is 24.5 Å². The van der Waals surface area contributed by atoms with Crippen LogP contribution < -0.4 is 10.6 Å². The second-order valence-electron chi connectivity index (χ2n) is 5.37. The van der Waals surface area contributed by atoms with Gasteiger partial charge in [0.25, 0.3) is 0 Å². The molecule has 3 rings (SSSR count). The van der Waals surface area contributed by atoms with E-state index in [0.29, 0.717) is 11.8 Å². The highest BCUT2D eigenvalue weighted by atomic mass is 32.2. The van der Waals surface area contributed by atoms with Gasteiger partial charge in [0.2, 0.25) is 11.8 Å². The summed E-state index contributed by atoms with van der Waals surface area (Å²) in [5, 5.41) is 4.38. The normalized spacial score (nSPS) is 18.0. The lowest BCUT2D eigenvalue weighted by Gasteiger charge is -2.08. The molecule has 1 aliphatic rings. The predicted molar refractivity (Wildman–Crippen MR) is 92.6 cm³/mol. The summed E-state index contributed by atoms with van der Waals surface area (Å²) in [5.41, 5.74) is 0.285. The lowest BCUT2D eigenvalue weighted by molar-refractivity contribution is -0.122. The molecular formula is C17H12F3N3O2S. The molecule has 134 valence electrons. The fourth-order valence-electron chi connectivity index (χ4n) is 2.19. The van der Waals surface area contributed by atoms with E-state index >= 15 is 0 Å². The molecule has 26 heavy (non-hydrogen) atoms. The zero-order valence-electron chi connectivity index (χ0n) is 13.1. The topological polar surface area (TPSA) is 70.6 Å². The molecule has 2 aromatic carbocycles. The number of benzene rings is 2. The van der Waals surface area contributed by atoms with Crippen LogP contribution in [-0.4, -0.2) is 22.2 Å². The highest BCUT2D eigenvalue weighted by molar-refractivity contribution is 8.15. The van der Waals surface area contributed by atoms with Gasteiger partial charge in [0.05, 0.1) is 11.4 Å². The maximum atomic E-state index is 13.5. The molecule has 0 radical (unpaired) electrons. The van der Waals surface area contributed by atoms with Gasteiger partial charge in [-0.2, -0.15) is 0 Å². The maximum Gasteiger partial charge on any atom is 0.240 e. The summed E-state index contributed by atoms with van der Waals surface area (Å²) in [6, 6.07) is 8.15. The third kappa shape index (κ3) is 4.42. The molecule has 2 amide bonds. The van der Waals surface area contributed by atoms with Gasteiger partial charge in [-0.1, -0.05) is 11.8 Å². The van der Waals surface area contributed by atoms with Crippen molar-refractivity contribution in [3.05, 3.63) is 59.9 Å². The lowest BCUT2D eigenvalue weighted by Crippen LogP contribution is -2.28. The molecule has 1 fully saturated rings. The minimum Gasteiger partial charge on any atom is -0.324 e. The maximum absolute atomic E-state index is 13.5. The van der Waals surface area contributed by atoms with E-state index in [-0.39, 0.29) is 17.3 Å². The molecule has 9 heteroatoms. The van der Waals surface area contributed by atoms with Gasteiger partial charge >= 0.3 is 0 Å². The standard InChI is InChI=1S/C17H12F3N3O2S/c18-9-1-4-11(5-2-9)21-17-23-16(25)14(26-17)8-15(24)22-13-6-3-10(19)7-12(13)20/h1-7,14H,8H2,(H,22,24)(H,21,23,25)/t14-/m0/s1. The Morgan fingerprint density at radius 1 is 1.12 bits per heavy atom. The molecule has 1 atom stereocenters. The Hall–Kier alpha value is -2.81. The summed E-state index contributed by atoms with van der Waals surface area (Å²) in [4.78, 5) is 28.1. The van der Waals surface area contributed by atoms with E-state index in [1.807, 2.05) is 0 Å². The molecule has 0 bridgehead atoms. The van der Waals surface area contributed by atoms with Gasteiger partial charge < -0.3 is 10.6 Å². The fourth-order valence-corrected chi connectivity index (χ4v) is 3.17. The quantitative estimate of drug-likeness (QED) is 0.856. The number of hydrogen-bond acceptors (Lipinski definition) is 4. The van der Waals surface area contributed by atoms with Crippen molar-refractivity contribution in [3.63, 3.8) is 0 Å². The summed E-state index contributed by atoms with van der Waals surface area (Å²) in [6.07, 6.45) is -0.213. The summed E-state index contributed by atoms with van der Waals surface area (Å²) < 4.78 is 39.3. The van der Waals surface area contributed by atoms with Crippen molar-refractivity contribution in [1.29, 1.82) is 0 Å². The number of nitrogens with zero attached hydrogens (tertiary/aromatic N) is 1. The molecule has 0 spiro atoms. The number of aliphatic imine (C=N–C) groups is 1. The molecule has 5 nitrogen and oxygen atoms in total. The highest BCUT2D eigenvalue weighted by Gasteiger charge is 2.32. The minimum absolute atomic E-state index is 0.167. The Morgan fingerprint density at radius 3 is 2.50 bits per heavy atom. The Labute approximate surface area is 150 Å². The molecule has 0 aromatic heterocycles. The van der Waals surface area contributed by atoms with Crippen LogP contribution in [0.15, 0.2) is 47.5 Å². The lowest BCUT2D eigenvalue weighted by atomic mass is 10.2. The van der Waals surface area contributed by atoms with Crippen molar-refractivity contribution < 1.29 is 22.8 Å². The van der Waals surface area contributed by atoms with Crippen LogP contribution in [0.2, 0.25) is 0 Å². The monoisotopic (exact) mass is 379 g/mol. The van der Waals surface area contributed by atoms with Crippen LogP contribution >= 0.6 is 11.8 Å². The van der Waals surface area contributed by atoms with Gasteiger partial charge in [-0.15, -0.1) is 0 Å². The predicted octanol–water partition coefficient (Wildman–Crippen LogP) is 3.35. The molecule has 1 heterocycles. The zero-order chi connectivity index (χ0) is 18.7. The fraction of sp³-hybridized carbons (Fsp3) is 0.118. The first kappa shape index (κ1) is 18.0. The van der Waals surface area contributed by atoms with Crippen molar-refractivity contribution >= 4 is 40.1 Å². The summed E-state index contributed by atoms with van der Waals surface area (Å²) >= 11 is 1.04.